The van der Waals surface area contributed by atoms with Gasteiger partial charge in [0, 0.05) is 17.7 Å². The topological polar surface area (TPSA) is 35.2 Å². The number of rotatable bonds is 3. The Morgan fingerprint density at radius 2 is 1.70 bits per heavy atom. The summed E-state index contributed by atoms with van der Waals surface area (Å²) in [6.07, 6.45) is 0. The lowest BCUT2D eigenvalue weighted by Gasteiger charge is -2.23. The van der Waals surface area contributed by atoms with Gasteiger partial charge in [0.15, 0.2) is 0 Å². The van der Waals surface area contributed by atoms with Gasteiger partial charge >= 0.3 is 0 Å². The number of hydrogen-bond donors (Lipinski definition) is 1. The van der Waals surface area contributed by atoms with E-state index in [9.17, 15) is 0 Å². The quantitative estimate of drug-likeness (QED) is 0.887. The van der Waals surface area contributed by atoms with Gasteiger partial charge in [-0.15, -0.1) is 0 Å². The van der Waals surface area contributed by atoms with E-state index in [0.717, 1.165) is 17.1 Å². The second kappa shape index (κ2) is 5.68. The van der Waals surface area contributed by atoms with Crippen molar-refractivity contribution in [2.75, 3.05) is 0 Å². The van der Waals surface area contributed by atoms with Crippen molar-refractivity contribution in [1.29, 1.82) is 0 Å². The Balaban J connectivity index is 2.44. The molecule has 2 aromatic carbocycles. The van der Waals surface area contributed by atoms with Crippen molar-refractivity contribution in [2.45, 2.75) is 39.7 Å². The summed E-state index contributed by atoms with van der Waals surface area (Å²) >= 11 is 0. The van der Waals surface area contributed by atoms with E-state index in [4.69, 9.17) is 10.5 Å². The van der Waals surface area contributed by atoms with Crippen LogP contribution in [0.25, 0.3) is 0 Å². The Labute approximate surface area is 121 Å². The fourth-order valence-electron chi connectivity index (χ4n) is 2.21. The zero-order chi connectivity index (χ0) is 14.8. The Hall–Kier alpha value is -1.80. The predicted octanol–water partition coefficient (Wildman–Crippen LogP) is 4.54. The van der Waals surface area contributed by atoms with Gasteiger partial charge in [-0.2, -0.15) is 0 Å². The van der Waals surface area contributed by atoms with Crippen molar-refractivity contribution in [3.8, 4) is 11.5 Å². The van der Waals surface area contributed by atoms with E-state index in [-0.39, 0.29) is 5.41 Å². The minimum Gasteiger partial charge on any atom is -0.457 e. The van der Waals surface area contributed by atoms with Gasteiger partial charge in [0.2, 0.25) is 0 Å². The van der Waals surface area contributed by atoms with Crippen molar-refractivity contribution < 1.29 is 4.74 Å². The molecule has 2 N–H and O–H groups in total. The standard InChI is InChI=1S/C18H23NO/c1-13-9-10-17(15(11-13)18(2,3)4)20-16-8-6-5-7-14(16)12-19/h5-11H,12,19H2,1-4H3. The molecule has 0 aliphatic carbocycles. The van der Waals surface area contributed by atoms with Gasteiger partial charge in [0.25, 0.3) is 0 Å². The van der Waals surface area contributed by atoms with Gasteiger partial charge < -0.3 is 10.5 Å². The first-order valence-corrected chi connectivity index (χ1v) is 6.99. The number of benzene rings is 2. The van der Waals surface area contributed by atoms with Crippen LogP contribution in [-0.4, -0.2) is 0 Å². The third-order valence-electron chi connectivity index (χ3n) is 3.36. The molecule has 2 rings (SSSR count). The number of hydrogen-bond acceptors (Lipinski definition) is 2. The molecule has 20 heavy (non-hydrogen) atoms. The fourth-order valence-corrected chi connectivity index (χ4v) is 2.21. The SMILES string of the molecule is Cc1ccc(Oc2ccccc2CN)c(C(C)(C)C)c1. The summed E-state index contributed by atoms with van der Waals surface area (Å²) in [7, 11) is 0. The average molecular weight is 269 g/mol. The lowest BCUT2D eigenvalue weighted by atomic mass is 9.85. The van der Waals surface area contributed by atoms with Crippen molar-refractivity contribution in [2.24, 2.45) is 5.73 Å². The second-order valence-electron chi connectivity index (χ2n) is 6.16. The van der Waals surface area contributed by atoms with Gasteiger partial charge in [-0.25, -0.2) is 0 Å². The predicted molar refractivity (Wildman–Crippen MR) is 84.3 cm³/mol. The average Bonchev–Trinajstić information content (AvgIpc) is 2.40. The van der Waals surface area contributed by atoms with Gasteiger partial charge in [-0.3, -0.25) is 0 Å². The van der Waals surface area contributed by atoms with Crippen molar-refractivity contribution in [3.05, 3.63) is 59.2 Å². The fraction of sp³-hybridized carbons (Fsp3) is 0.333. The van der Waals surface area contributed by atoms with Crippen LogP contribution in [0.2, 0.25) is 0 Å². The minimum absolute atomic E-state index is 0.0407. The highest BCUT2D eigenvalue weighted by molar-refractivity contribution is 5.45. The maximum Gasteiger partial charge on any atom is 0.131 e. The van der Waals surface area contributed by atoms with Crippen molar-refractivity contribution >= 4 is 0 Å². The first-order valence-electron chi connectivity index (χ1n) is 6.99. The van der Waals surface area contributed by atoms with E-state index in [2.05, 4.69) is 39.8 Å². The molecule has 0 bridgehead atoms. The molecule has 0 aliphatic rings. The van der Waals surface area contributed by atoms with Crippen LogP contribution < -0.4 is 10.5 Å². The van der Waals surface area contributed by atoms with E-state index in [0.29, 0.717) is 6.54 Å². The lowest BCUT2D eigenvalue weighted by Crippen LogP contribution is -2.13. The first-order chi connectivity index (χ1) is 9.41. The molecule has 0 aliphatic heterocycles. The Morgan fingerprint density at radius 1 is 1.00 bits per heavy atom. The second-order valence-corrected chi connectivity index (χ2v) is 6.16. The summed E-state index contributed by atoms with van der Waals surface area (Å²) in [6, 6.07) is 14.2. The van der Waals surface area contributed by atoms with Gasteiger partial charge in [-0.05, 0) is 24.5 Å². The molecule has 2 nitrogen and oxygen atoms in total. The molecule has 2 aromatic rings. The molecule has 0 heterocycles. The molecular weight excluding hydrogens is 246 g/mol. The molecule has 0 unspecified atom stereocenters. The van der Waals surface area contributed by atoms with Crippen LogP contribution in [0.1, 0.15) is 37.5 Å². The Morgan fingerprint density at radius 3 is 2.35 bits per heavy atom. The summed E-state index contributed by atoms with van der Waals surface area (Å²) < 4.78 is 6.13. The summed E-state index contributed by atoms with van der Waals surface area (Å²) in [6.45, 7) is 9.18. The highest BCUT2D eigenvalue weighted by Crippen LogP contribution is 2.35. The van der Waals surface area contributed by atoms with E-state index in [1.807, 2.05) is 30.3 Å². The Bertz CT molecular complexity index is 597. The highest BCUT2D eigenvalue weighted by Gasteiger charge is 2.20. The van der Waals surface area contributed by atoms with Crippen molar-refractivity contribution in [3.63, 3.8) is 0 Å². The van der Waals surface area contributed by atoms with E-state index >= 15 is 0 Å². The zero-order valence-electron chi connectivity index (χ0n) is 12.7. The molecule has 0 radical (unpaired) electrons. The lowest BCUT2D eigenvalue weighted by molar-refractivity contribution is 0.450. The van der Waals surface area contributed by atoms with Gasteiger partial charge in [0.1, 0.15) is 11.5 Å². The number of nitrogens with two attached hydrogens (primary N) is 1. The normalized spacial score (nSPS) is 11.4. The van der Waals surface area contributed by atoms with E-state index in [1.54, 1.807) is 0 Å². The van der Waals surface area contributed by atoms with Crippen LogP contribution in [0.3, 0.4) is 0 Å². The molecule has 0 atom stereocenters. The van der Waals surface area contributed by atoms with E-state index < -0.39 is 0 Å². The van der Waals surface area contributed by atoms with Crippen molar-refractivity contribution in [1.82, 2.24) is 0 Å². The summed E-state index contributed by atoms with van der Waals surface area (Å²) in [5.41, 5.74) is 9.29. The molecule has 0 spiro atoms. The monoisotopic (exact) mass is 269 g/mol. The number of ether oxygens (including phenoxy) is 1. The minimum atomic E-state index is 0.0407. The first kappa shape index (κ1) is 14.6. The van der Waals surface area contributed by atoms with Crippen LogP contribution in [0, 0.1) is 6.92 Å². The van der Waals surface area contributed by atoms with Gasteiger partial charge in [-0.1, -0.05) is 56.7 Å². The highest BCUT2D eigenvalue weighted by atomic mass is 16.5. The molecule has 0 fully saturated rings. The molecule has 0 amide bonds. The van der Waals surface area contributed by atoms with Crippen LogP contribution in [-0.2, 0) is 12.0 Å². The maximum absolute atomic E-state index is 6.13. The molecule has 2 heteroatoms. The number of para-hydroxylation sites is 1. The molecular formula is C18H23NO. The van der Waals surface area contributed by atoms with Crippen LogP contribution in [0.4, 0.5) is 0 Å². The third-order valence-corrected chi connectivity index (χ3v) is 3.36. The van der Waals surface area contributed by atoms with Crippen LogP contribution >= 0.6 is 0 Å². The van der Waals surface area contributed by atoms with Crippen LogP contribution in [0.15, 0.2) is 42.5 Å². The van der Waals surface area contributed by atoms with Crippen LogP contribution in [0.5, 0.6) is 11.5 Å². The van der Waals surface area contributed by atoms with E-state index in [1.165, 1.54) is 11.1 Å². The largest absolute Gasteiger partial charge is 0.457 e. The number of aryl methyl sites for hydroxylation is 1. The maximum atomic E-state index is 6.13. The summed E-state index contributed by atoms with van der Waals surface area (Å²) in [5.74, 6) is 1.74. The molecule has 0 aromatic heterocycles. The molecule has 106 valence electrons. The summed E-state index contributed by atoms with van der Waals surface area (Å²) in [4.78, 5) is 0. The Kier molecular flexibility index (Phi) is 4.15. The zero-order valence-corrected chi connectivity index (χ0v) is 12.7. The van der Waals surface area contributed by atoms with Gasteiger partial charge in [0.05, 0.1) is 0 Å². The molecule has 0 saturated heterocycles. The molecule has 0 saturated carbocycles. The third kappa shape index (κ3) is 3.20. The summed E-state index contributed by atoms with van der Waals surface area (Å²) in [5, 5.41) is 0. The smallest absolute Gasteiger partial charge is 0.131 e.